The maximum Gasteiger partial charge on any atom is 0.317 e. The van der Waals surface area contributed by atoms with Crippen LogP contribution in [0.4, 0.5) is 9.18 Å². The molecule has 0 unspecified atom stereocenters. The summed E-state index contributed by atoms with van der Waals surface area (Å²) in [6.07, 6.45) is 0. The zero-order valence-electron chi connectivity index (χ0n) is 15.1. The number of ether oxygens (including phenoxy) is 1. The predicted molar refractivity (Wildman–Crippen MR) is 99.4 cm³/mol. The molecule has 9 heteroatoms. The fraction of sp³-hybridized carbons (Fsp3) is 0.278. The Labute approximate surface area is 158 Å². The molecule has 0 aromatic heterocycles. The molecule has 0 atom stereocenters. The first-order valence-corrected chi connectivity index (χ1v) is 9.67. The summed E-state index contributed by atoms with van der Waals surface area (Å²) in [4.78, 5) is 13.6. The third-order valence-corrected chi connectivity index (χ3v) is 5.22. The number of amides is 2. The largest absolute Gasteiger partial charge is 0.497 e. The van der Waals surface area contributed by atoms with Gasteiger partial charge in [-0.15, -0.1) is 0 Å². The number of carbonyl (C=O) groups is 1. The van der Waals surface area contributed by atoms with E-state index in [0.717, 1.165) is 5.56 Å². The lowest BCUT2D eigenvalue weighted by Gasteiger charge is -2.18. The van der Waals surface area contributed by atoms with Crippen molar-refractivity contribution in [2.45, 2.75) is 11.4 Å². The Balaban J connectivity index is 1.77. The molecule has 0 saturated carbocycles. The number of nitrogens with one attached hydrogen (secondary N) is 2. The summed E-state index contributed by atoms with van der Waals surface area (Å²) in [6, 6.07) is 11.5. The van der Waals surface area contributed by atoms with Crippen LogP contribution >= 0.6 is 0 Å². The number of urea groups is 1. The van der Waals surface area contributed by atoms with Crippen molar-refractivity contribution in [1.29, 1.82) is 0 Å². The van der Waals surface area contributed by atoms with E-state index in [2.05, 4.69) is 10.0 Å². The van der Waals surface area contributed by atoms with Crippen LogP contribution in [0, 0.1) is 5.82 Å². The highest BCUT2D eigenvalue weighted by atomic mass is 32.2. The first kappa shape index (κ1) is 20.7. The van der Waals surface area contributed by atoms with E-state index in [4.69, 9.17) is 4.74 Å². The van der Waals surface area contributed by atoms with Crippen LogP contribution in [-0.2, 0) is 16.6 Å². The molecule has 2 aromatic carbocycles. The molecule has 2 N–H and O–H groups in total. The van der Waals surface area contributed by atoms with Crippen LogP contribution in [0.25, 0.3) is 0 Å². The van der Waals surface area contributed by atoms with Crippen LogP contribution in [0.3, 0.4) is 0 Å². The highest BCUT2D eigenvalue weighted by Crippen LogP contribution is 2.15. The Morgan fingerprint density at radius 1 is 1.07 bits per heavy atom. The summed E-state index contributed by atoms with van der Waals surface area (Å²) in [7, 11) is -0.567. The molecule has 0 spiro atoms. The Morgan fingerprint density at radius 2 is 1.70 bits per heavy atom. The summed E-state index contributed by atoms with van der Waals surface area (Å²) < 4.78 is 44.6. The summed E-state index contributed by atoms with van der Waals surface area (Å²) >= 11 is 0. The zero-order valence-corrected chi connectivity index (χ0v) is 15.9. The van der Waals surface area contributed by atoms with E-state index < -0.39 is 10.0 Å². The molecular weight excluding hydrogens is 373 g/mol. The SMILES string of the molecule is COc1ccc(S(=O)(=O)NCCNC(=O)N(C)Cc2ccc(F)cc2)cc1. The van der Waals surface area contributed by atoms with Crippen molar-refractivity contribution in [3.63, 3.8) is 0 Å². The minimum atomic E-state index is -3.66. The van der Waals surface area contributed by atoms with Gasteiger partial charge in [-0.3, -0.25) is 0 Å². The highest BCUT2D eigenvalue weighted by Gasteiger charge is 2.14. The quantitative estimate of drug-likeness (QED) is 0.669. The monoisotopic (exact) mass is 395 g/mol. The van der Waals surface area contributed by atoms with Crippen LogP contribution in [0.1, 0.15) is 5.56 Å². The van der Waals surface area contributed by atoms with Gasteiger partial charge in [0.05, 0.1) is 12.0 Å². The van der Waals surface area contributed by atoms with Gasteiger partial charge < -0.3 is 15.0 Å². The molecule has 0 radical (unpaired) electrons. The van der Waals surface area contributed by atoms with Crippen molar-refractivity contribution in [3.05, 3.63) is 59.9 Å². The van der Waals surface area contributed by atoms with Crippen molar-refractivity contribution >= 4 is 16.1 Å². The number of methoxy groups -OCH3 is 1. The molecule has 2 aromatic rings. The molecule has 0 aliphatic rings. The second-order valence-electron chi connectivity index (χ2n) is 5.79. The fourth-order valence-corrected chi connectivity index (χ4v) is 3.30. The number of halogens is 1. The Hall–Kier alpha value is -2.65. The average molecular weight is 395 g/mol. The van der Waals surface area contributed by atoms with Gasteiger partial charge in [-0.05, 0) is 42.0 Å². The maximum atomic E-state index is 12.9. The molecule has 0 aliphatic carbocycles. The first-order chi connectivity index (χ1) is 12.8. The normalized spacial score (nSPS) is 11.1. The van der Waals surface area contributed by atoms with E-state index in [1.54, 1.807) is 31.3 Å². The molecule has 0 aliphatic heterocycles. The first-order valence-electron chi connectivity index (χ1n) is 8.19. The van der Waals surface area contributed by atoms with Crippen LogP contribution in [0.5, 0.6) is 5.75 Å². The molecule has 0 saturated heterocycles. The third-order valence-electron chi connectivity index (χ3n) is 3.74. The smallest absolute Gasteiger partial charge is 0.317 e. The van der Waals surface area contributed by atoms with E-state index in [1.165, 1.54) is 36.3 Å². The number of nitrogens with zero attached hydrogens (tertiary/aromatic N) is 1. The summed E-state index contributed by atoms with van der Waals surface area (Å²) in [5, 5.41) is 2.62. The van der Waals surface area contributed by atoms with Crippen LogP contribution < -0.4 is 14.8 Å². The lowest BCUT2D eigenvalue weighted by atomic mass is 10.2. The number of rotatable bonds is 8. The van der Waals surface area contributed by atoms with Gasteiger partial charge in [-0.2, -0.15) is 0 Å². The van der Waals surface area contributed by atoms with Gasteiger partial charge in [0.15, 0.2) is 0 Å². The minimum Gasteiger partial charge on any atom is -0.497 e. The standard InChI is InChI=1S/C18H22FN3O4S/c1-22(13-14-3-5-15(19)6-4-14)18(23)20-11-12-21-27(24,25)17-9-7-16(26-2)8-10-17/h3-10,21H,11-13H2,1-2H3,(H,20,23). The van der Waals surface area contributed by atoms with Crippen molar-refractivity contribution in [1.82, 2.24) is 14.9 Å². The van der Waals surface area contributed by atoms with E-state index in [-0.39, 0.29) is 29.8 Å². The molecule has 146 valence electrons. The van der Waals surface area contributed by atoms with Crippen LogP contribution in [0.15, 0.2) is 53.4 Å². The predicted octanol–water partition coefficient (Wildman–Crippen LogP) is 1.95. The third kappa shape index (κ3) is 6.22. The second-order valence-corrected chi connectivity index (χ2v) is 7.55. The number of benzene rings is 2. The average Bonchev–Trinajstić information content (AvgIpc) is 2.67. The Morgan fingerprint density at radius 3 is 2.30 bits per heavy atom. The van der Waals surface area contributed by atoms with Crippen LogP contribution in [0.2, 0.25) is 0 Å². The number of carbonyl (C=O) groups excluding carboxylic acids is 1. The van der Waals surface area contributed by atoms with E-state index in [1.807, 2.05) is 0 Å². The summed E-state index contributed by atoms with van der Waals surface area (Å²) in [5.74, 6) is 0.223. The van der Waals surface area contributed by atoms with Crippen LogP contribution in [-0.4, -0.2) is 46.6 Å². The molecule has 0 bridgehead atoms. The van der Waals surface area contributed by atoms with Gasteiger partial charge in [0.2, 0.25) is 10.0 Å². The maximum absolute atomic E-state index is 12.9. The summed E-state index contributed by atoms with van der Waals surface area (Å²) in [5.41, 5.74) is 0.786. The second kappa shape index (κ2) is 9.33. The highest BCUT2D eigenvalue weighted by molar-refractivity contribution is 7.89. The Kier molecular flexibility index (Phi) is 7.14. The van der Waals surface area contributed by atoms with Crippen molar-refractivity contribution in [2.24, 2.45) is 0 Å². The Bertz CT molecular complexity index is 855. The minimum absolute atomic E-state index is 0.0461. The van der Waals surface area contributed by atoms with Gasteiger partial charge >= 0.3 is 6.03 Å². The molecular formula is C18H22FN3O4S. The van der Waals surface area contributed by atoms with E-state index in [0.29, 0.717) is 12.3 Å². The van der Waals surface area contributed by atoms with Gasteiger partial charge in [0.1, 0.15) is 11.6 Å². The van der Waals surface area contributed by atoms with Crippen molar-refractivity contribution in [2.75, 3.05) is 27.2 Å². The van der Waals surface area contributed by atoms with E-state index >= 15 is 0 Å². The van der Waals surface area contributed by atoms with Crippen molar-refractivity contribution < 1.29 is 22.3 Å². The van der Waals surface area contributed by atoms with Crippen molar-refractivity contribution in [3.8, 4) is 5.75 Å². The molecule has 7 nitrogen and oxygen atoms in total. The zero-order chi connectivity index (χ0) is 19.9. The number of hydrogen-bond donors (Lipinski definition) is 2. The van der Waals surface area contributed by atoms with Gasteiger partial charge in [-0.1, -0.05) is 12.1 Å². The topological polar surface area (TPSA) is 87.7 Å². The fourth-order valence-electron chi connectivity index (χ4n) is 2.26. The molecule has 0 fully saturated rings. The van der Waals surface area contributed by atoms with Gasteiger partial charge in [0, 0.05) is 26.7 Å². The lowest BCUT2D eigenvalue weighted by molar-refractivity contribution is 0.207. The van der Waals surface area contributed by atoms with E-state index in [9.17, 15) is 17.6 Å². The van der Waals surface area contributed by atoms with Gasteiger partial charge in [-0.25, -0.2) is 22.3 Å². The molecule has 2 amide bonds. The molecule has 27 heavy (non-hydrogen) atoms. The molecule has 2 rings (SSSR count). The van der Waals surface area contributed by atoms with Gasteiger partial charge in [0.25, 0.3) is 0 Å². The number of sulfonamides is 1. The lowest BCUT2D eigenvalue weighted by Crippen LogP contribution is -2.40. The number of hydrogen-bond acceptors (Lipinski definition) is 4. The molecule has 0 heterocycles. The summed E-state index contributed by atoms with van der Waals surface area (Å²) in [6.45, 7) is 0.482.